The third kappa shape index (κ3) is 3.55. The van der Waals surface area contributed by atoms with Gasteiger partial charge in [-0.05, 0) is 42.8 Å². The first-order chi connectivity index (χ1) is 10.5. The molecule has 0 heterocycles. The van der Waals surface area contributed by atoms with Crippen LogP contribution in [0, 0.1) is 29.9 Å². The molecular weight excluding hydrogens is 286 g/mol. The van der Waals surface area contributed by atoms with Crippen LogP contribution in [0.3, 0.4) is 0 Å². The summed E-state index contributed by atoms with van der Waals surface area (Å²) in [5, 5.41) is 11.6. The summed E-state index contributed by atoms with van der Waals surface area (Å²) in [6, 6.07) is 11.6. The molecule has 0 aromatic heterocycles. The molecule has 0 aliphatic carbocycles. The second-order valence-electron chi connectivity index (χ2n) is 4.60. The fraction of sp³-hybridized carbons (Fsp3) is 0.0588. The minimum absolute atomic E-state index is 0.156. The Hall–Kier alpha value is -3.00. The molecule has 0 aliphatic rings. The SMILES string of the molecule is Cc1ccccc1NC(=O)/C(C#N)=C/c1cc(F)ccc1F. The standard InChI is InChI=1S/C17H12F2N2O/c1-11-4-2-3-5-16(11)21-17(22)13(10-20)8-12-9-14(18)6-7-15(12)19/h2-9H,1H3,(H,21,22)/b13-8+. The van der Waals surface area contributed by atoms with Gasteiger partial charge in [0.1, 0.15) is 23.3 Å². The largest absolute Gasteiger partial charge is 0.321 e. The molecule has 3 nitrogen and oxygen atoms in total. The average Bonchev–Trinajstić information content (AvgIpc) is 2.50. The molecule has 2 aromatic rings. The molecule has 1 N–H and O–H groups in total. The van der Waals surface area contributed by atoms with Gasteiger partial charge < -0.3 is 5.32 Å². The molecule has 1 amide bonds. The lowest BCUT2D eigenvalue weighted by atomic mass is 10.1. The minimum Gasteiger partial charge on any atom is -0.321 e. The Kier molecular flexibility index (Phi) is 4.64. The van der Waals surface area contributed by atoms with E-state index in [0.29, 0.717) is 5.69 Å². The predicted octanol–water partition coefficient (Wildman–Crippen LogP) is 3.82. The van der Waals surface area contributed by atoms with Crippen LogP contribution >= 0.6 is 0 Å². The Balaban J connectivity index is 2.30. The topological polar surface area (TPSA) is 52.9 Å². The molecule has 0 aliphatic heterocycles. The highest BCUT2D eigenvalue weighted by Crippen LogP contribution is 2.17. The number of hydrogen-bond acceptors (Lipinski definition) is 2. The van der Waals surface area contributed by atoms with Crippen molar-refractivity contribution >= 4 is 17.7 Å². The summed E-state index contributed by atoms with van der Waals surface area (Å²) in [5.41, 5.74) is 0.905. The van der Waals surface area contributed by atoms with Crippen molar-refractivity contribution < 1.29 is 13.6 Å². The number of nitriles is 1. The number of carbonyl (C=O) groups is 1. The van der Waals surface area contributed by atoms with Gasteiger partial charge in [0.05, 0.1) is 0 Å². The van der Waals surface area contributed by atoms with E-state index in [2.05, 4.69) is 5.32 Å². The average molecular weight is 298 g/mol. The summed E-state index contributed by atoms with van der Waals surface area (Å²) in [7, 11) is 0. The Morgan fingerprint density at radius 1 is 1.23 bits per heavy atom. The van der Waals surface area contributed by atoms with Gasteiger partial charge in [-0.1, -0.05) is 18.2 Å². The van der Waals surface area contributed by atoms with Gasteiger partial charge in [-0.2, -0.15) is 5.26 Å². The normalized spacial score (nSPS) is 10.9. The van der Waals surface area contributed by atoms with Gasteiger partial charge in [0.15, 0.2) is 0 Å². The number of nitrogens with one attached hydrogen (secondary N) is 1. The van der Waals surface area contributed by atoms with Gasteiger partial charge in [0.25, 0.3) is 5.91 Å². The molecule has 0 saturated heterocycles. The minimum atomic E-state index is -0.710. The van der Waals surface area contributed by atoms with Gasteiger partial charge in [-0.3, -0.25) is 4.79 Å². The van der Waals surface area contributed by atoms with Crippen LogP contribution < -0.4 is 5.32 Å². The molecule has 0 atom stereocenters. The molecule has 0 saturated carbocycles. The number of halogens is 2. The van der Waals surface area contributed by atoms with Crippen molar-refractivity contribution in [1.29, 1.82) is 5.26 Å². The molecule has 0 unspecified atom stereocenters. The summed E-state index contributed by atoms with van der Waals surface area (Å²) >= 11 is 0. The quantitative estimate of drug-likeness (QED) is 0.692. The van der Waals surface area contributed by atoms with Gasteiger partial charge >= 0.3 is 0 Å². The molecular formula is C17H12F2N2O. The molecule has 0 spiro atoms. The molecule has 2 aromatic carbocycles. The fourth-order valence-electron chi connectivity index (χ4n) is 1.83. The van der Waals surface area contributed by atoms with Crippen LogP contribution in [0.15, 0.2) is 48.0 Å². The number of benzene rings is 2. The van der Waals surface area contributed by atoms with Crippen molar-refractivity contribution in [2.75, 3.05) is 5.32 Å². The van der Waals surface area contributed by atoms with Crippen LogP contribution in [0.5, 0.6) is 0 Å². The van der Waals surface area contributed by atoms with E-state index < -0.39 is 17.5 Å². The first kappa shape index (κ1) is 15.4. The summed E-state index contributed by atoms with van der Waals surface area (Å²) < 4.78 is 26.7. The van der Waals surface area contributed by atoms with E-state index in [1.807, 2.05) is 6.07 Å². The first-order valence-electron chi connectivity index (χ1n) is 6.45. The van der Waals surface area contributed by atoms with Crippen molar-refractivity contribution in [3.05, 3.63) is 70.8 Å². The molecule has 22 heavy (non-hydrogen) atoms. The van der Waals surface area contributed by atoms with E-state index in [0.717, 1.165) is 29.8 Å². The summed E-state index contributed by atoms with van der Waals surface area (Å²) in [6.45, 7) is 1.80. The second-order valence-corrected chi connectivity index (χ2v) is 4.60. The van der Waals surface area contributed by atoms with E-state index in [4.69, 9.17) is 5.26 Å². The first-order valence-corrected chi connectivity index (χ1v) is 6.45. The molecule has 110 valence electrons. The van der Waals surface area contributed by atoms with E-state index in [1.165, 1.54) is 0 Å². The van der Waals surface area contributed by atoms with Crippen molar-refractivity contribution in [3.8, 4) is 6.07 Å². The summed E-state index contributed by atoms with van der Waals surface area (Å²) in [6.07, 6.45) is 1.02. The Morgan fingerprint density at radius 3 is 2.64 bits per heavy atom. The van der Waals surface area contributed by atoms with Crippen molar-refractivity contribution in [3.63, 3.8) is 0 Å². The van der Waals surface area contributed by atoms with E-state index in [-0.39, 0.29) is 11.1 Å². The van der Waals surface area contributed by atoms with Gasteiger partial charge in [-0.15, -0.1) is 0 Å². The number of para-hydroxylation sites is 1. The highest BCUT2D eigenvalue weighted by atomic mass is 19.1. The van der Waals surface area contributed by atoms with Crippen LogP contribution in [-0.2, 0) is 4.79 Å². The fourth-order valence-corrected chi connectivity index (χ4v) is 1.83. The zero-order valence-corrected chi connectivity index (χ0v) is 11.7. The number of amides is 1. The monoisotopic (exact) mass is 298 g/mol. The Labute approximate surface area is 126 Å². The smallest absolute Gasteiger partial charge is 0.266 e. The maximum atomic E-state index is 13.6. The number of hydrogen-bond donors (Lipinski definition) is 1. The number of rotatable bonds is 3. The Morgan fingerprint density at radius 2 is 1.95 bits per heavy atom. The van der Waals surface area contributed by atoms with Crippen molar-refractivity contribution in [2.45, 2.75) is 6.92 Å². The third-order valence-electron chi connectivity index (χ3n) is 3.02. The third-order valence-corrected chi connectivity index (χ3v) is 3.02. The van der Waals surface area contributed by atoms with Crippen LogP contribution in [-0.4, -0.2) is 5.91 Å². The van der Waals surface area contributed by atoms with E-state index in [1.54, 1.807) is 31.2 Å². The van der Waals surface area contributed by atoms with Gasteiger partial charge in [-0.25, -0.2) is 8.78 Å². The molecule has 0 radical (unpaired) electrons. The molecule has 5 heteroatoms. The van der Waals surface area contributed by atoms with Gasteiger partial charge in [0.2, 0.25) is 0 Å². The zero-order chi connectivity index (χ0) is 16.1. The Bertz CT molecular complexity index is 791. The van der Waals surface area contributed by atoms with Crippen LogP contribution in [0.25, 0.3) is 6.08 Å². The molecule has 2 rings (SSSR count). The number of aryl methyl sites for hydroxylation is 1. The van der Waals surface area contributed by atoms with Crippen LogP contribution in [0.4, 0.5) is 14.5 Å². The van der Waals surface area contributed by atoms with Crippen LogP contribution in [0.1, 0.15) is 11.1 Å². The van der Waals surface area contributed by atoms with Gasteiger partial charge in [0, 0.05) is 11.3 Å². The summed E-state index contributed by atoms with van der Waals surface area (Å²) in [4.78, 5) is 12.1. The number of anilines is 1. The maximum absolute atomic E-state index is 13.6. The van der Waals surface area contributed by atoms with Crippen molar-refractivity contribution in [1.82, 2.24) is 0 Å². The van der Waals surface area contributed by atoms with E-state index >= 15 is 0 Å². The lowest BCUT2D eigenvalue weighted by molar-refractivity contribution is -0.112. The van der Waals surface area contributed by atoms with E-state index in [9.17, 15) is 13.6 Å². The summed E-state index contributed by atoms with van der Waals surface area (Å²) in [5.74, 6) is -2.04. The zero-order valence-electron chi connectivity index (χ0n) is 11.7. The second kappa shape index (κ2) is 6.64. The molecule has 0 bridgehead atoms. The van der Waals surface area contributed by atoms with Crippen LogP contribution in [0.2, 0.25) is 0 Å². The highest BCUT2D eigenvalue weighted by Gasteiger charge is 2.12. The maximum Gasteiger partial charge on any atom is 0.266 e. The van der Waals surface area contributed by atoms with Crippen molar-refractivity contribution in [2.24, 2.45) is 0 Å². The number of carbonyl (C=O) groups excluding carboxylic acids is 1. The predicted molar refractivity (Wildman–Crippen MR) is 79.8 cm³/mol. The lowest BCUT2D eigenvalue weighted by Crippen LogP contribution is -2.14. The highest BCUT2D eigenvalue weighted by molar-refractivity contribution is 6.09. The number of nitrogens with zero attached hydrogens (tertiary/aromatic N) is 1. The lowest BCUT2D eigenvalue weighted by Gasteiger charge is -2.07. The molecule has 0 fully saturated rings.